The highest BCUT2D eigenvalue weighted by Gasteiger charge is 2.28. The van der Waals surface area contributed by atoms with Gasteiger partial charge in [0.25, 0.3) is 0 Å². The Balaban J connectivity index is 2.51. The fourth-order valence-electron chi connectivity index (χ4n) is 2.82. The van der Waals surface area contributed by atoms with E-state index in [4.69, 9.17) is 4.74 Å². The zero-order chi connectivity index (χ0) is 15.8. The van der Waals surface area contributed by atoms with Crippen LogP contribution in [0.4, 0.5) is 0 Å². The minimum Gasteiger partial charge on any atom is -0.467 e. The third kappa shape index (κ3) is 6.01. The summed E-state index contributed by atoms with van der Waals surface area (Å²) in [5.74, 6) is -0.155. The molecule has 6 nitrogen and oxygen atoms in total. The van der Waals surface area contributed by atoms with E-state index in [2.05, 4.69) is 15.5 Å². The van der Waals surface area contributed by atoms with Gasteiger partial charge in [0.1, 0.15) is 6.04 Å². The molecule has 122 valence electrons. The summed E-state index contributed by atoms with van der Waals surface area (Å²) in [6.07, 6.45) is 2.82. The highest BCUT2D eigenvalue weighted by Crippen LogP contribution is 2.16. The molecule has 2 unspecified atom stereocenters. The van der Waals surface area contributed by atoms with E-state index in [9.17, 15) is 9.59 Å². The van der Waals surface area contributed by atoms with Crippen molar-refractivity contribution in [2.24, 2.45) is 5.92 Å². The molecule has 1 amide bonds. The van der Waals surface area contributed by atoms with Crippen LogP contribution in [-0.2, 0) is 14.3 Å². The van der Waals surface area contributed by atoms with E-state index in [1.54, 1.807) is 0 Å². The molecule has 1 rings (SSSR count). The van der Waals surface area contributed by atoms with Crippen LogP contribution >= 0.6 is 0 Å². The largest absolute Gasteiger partial charge is 0.467 e. The second-order valence-corrected chi connectivity index (χ2v) is 6.10. The smallest absolute Gasteiger partial charge is 0.328 e. The summed E-state index contributed by atoms with van der Waals surface area (Å²) in [7, 11) is 3.28. The Morgan fingerprint density at radius 1 is 1.38 bits per heavy atom. The molecule has 2 N–H and O–H groups in total. The van der Waals surface area contributed by atoms with Crippen LogP contribution in [0.2, 0.25) is 0 Å². The van der Waals surface area contributed by atoms with Gasteiger partial charge in [0.15, 0.2) is 0 Å². The lowest BCUT2D eigenvalue weighted by atomic mass is 10.0. The van der Waals surface area contributed by atoms with Crippen LogP contribution in [-0.4, -0.2) is 62.7 Å². The average molecular weight is 299 g/mol. The van der Waals surface area contributed by atoms with E-state index < -0.39 is 6.04 Å². The number of hydrogen-bond acceptors (Lipinski definition) is 5. The number of amides is 1. The number of hydrogen-bond donors (Lipinski definition) is 2. The first kappa shape index (κ1) is 17.9. The van der Waals surface area contributed by atoms with Gasteiger partial charge < -0.3 is 15.4 Å². The molecule has 0 saturated carbocycles. The molecular weight excluding hydrogens is 270 g/mol. The second-order valence-electron chi connectivity index (χ2n) is 6.10. The van der Waals surface area contributed by atoms with Gasteiger partial charge >= 0.3 is 5.97 Å². The Kier molecular flexibility index (Phi) is 7.67. The lowest BCUT2D eigenvalue weighted by molar-refractivity contribution is -0.145. The number of esters is 1. The molecular formula is C15H29N3O3. The van der Waals surface area contributed by atoms with E-state index in [-0.39, 0.29) is 11.9 Å². The first-order chi connectivity index (χ1) is 9.97. The van der Waals surface area contributed by atoms with Crippen LogP contribution in [0.3, 0.4) is 0 Å². The number of likely N-dealkylation sites (N-methyl/N-ethyl adjacent to an activating group) is 1. The van der Waals surface area contributed by atoms with Crippen LogP contribution in [0.5, 0.6) is 0 Å². The Morgan fingerprint density at radius 3 is 2.67 bits per heavy atom. The molecule has 0 spiro atoms. The Morgan fingerprint density at radius 2 is 2.10 bits per heavy atom. The number of rotatable bonds is 8. The van der Waals surface area contributed by atoms with Crippen LogP contribution in [0, 0.1) is 5.92 Å². The van der Waals surface area contributed by atoms with Crippen molar-refractivity contribution in [2.75, 3.05) is 33.8 Å². The lowest BCUT2D eigenvalue weighted by Crippen LogP contribution is -2.48. The molecule has 0 aromatic carbocycles. The second kappa shape index (κ2) is 9.00. The van der Waals surface area contributed by atoms with Gasteiger partial charge in [-0.3, -0.25) is 9.69 Å². The number of likely N-dealkylation sites (tertiary alicyclic amines) is 1. The molecule has 1 saturated heterocycles. The maximum atomic E-state index is 12.2. The fourth-order valence-corrected chi connectivity index (χ4v) is 2.82. The molecule has 0 bridgehead atoms. The van der Waals surface area contributed by atoms with Gasteiger partial charge in [0, 0.05) is 12.6 Å². The Hall–Kier alpha value is -1.14. The van der Waals surface area contributed by atoms with Gasteiger partial charge in [-0.1, -0.05) is 13.8 Å². The van der Waals surface area contributed by atoms with Crippen molar-refractivity contribution in [1.29, 1.82) is 0 Å². The minimum absolute atomic E-state index is 0.103. The predicted molar refractivity (Wildman–Crippen MR) is 81.9 cm³/mol. The SMILES string of the molecule is CNCC1CCCN1CC(=O)NC(CC(C)C)C(=O)OC. The molecule has 21 heavy (non-hydrogen) atoms. The topological polar surface area (TPSA) is 70.7 Å². The number of methoxy groups -OCH3 is 1. The fraction of sp³-hybridized carbons (Fsp3) is 0.867. The van der Waals surface area contributed by atoms with Gasteiger partial charge in [-0.05, 0) is 38.8 Å². The molecule has 1 fully saturated rings. The Bertz CT molecular complexity index is 347. The van der Waals surface area contributed by atoms with Crippen LogP contribution in [0.1, 0.15) is 33.1 Å². The van der Waals surface area contributed by atoms with Crippen molar-refractivity contribution in [3.05, 3.63) is 0 Å². The van der Waals surface area contributed by atoms with E-state index in [1.807, 2.05) is 20.9 Å². The maximum absolute atomic E-state index is 12.2. The lowest BCUT2D eigenvalue weighted by Gasteiger charge is -2.25. The summed E-state index contributed by atoms with van der Waals surface area (Å²) in [5, 5.41) is 5.97. The normalized spacial score (nSPS) is 20.5. The number of nitrogens with one attached hydrogen (secondary N) is 2. The highest BCUT2D eigenvalue weighted by molar-refractivity contribution is 5.85. The number of nitrogens with zero attached hydrogens (tertiary/aromatic N) is 1. The molecule has 1 aliphatic rings. The number of ether oxygens (including phenoxy) is 1. The van der Waals surface area contributed by atoms with Crippen molar-refractivity contribution in [2.45, 2.75) is 45.2 Å². The van der Waals surface area contributed by atoms with E-state index >= 15 is 0 Å². The summed E-state index contributed by atoms with van der Waals surface area (Å²) in [6, 6.07) is -0.143. The predicted octanol–water partition coefficient (Wildman–Crippen LogP) is 0.374. The van der Waals surface area contributed by atoms with Crippen LogP contribution in [0.25, 0.3) is 0 Å². The van der Waals surface area contributed by atoms with E-state index in [1.165, 1.54) is 7.11 Å². The molecule has 1 heterocycles. The number of carbonyl (C=O) groups is 2. The van der Waals surface area contributed by atoms with Gasteiger partial charge in [0.2, 0.25) is 5.91 Å². The standard InChI is InChI=1S/C15H29N3O3/c1-11(2)8-13(15(20)21-4)17-14(19)10-18-7-5-6-12(18)9-16-3/h11-13,16H,5-10H2,1-4H3,(H,17,19). The van der Waals surface area contributed by atoms with Crippen molar-refractivity contribution >= 4 is 11.9 Å². The van der Waals surface area contributed by atoms with E-state index in [0.29, 0.717) is 24.9 Å². The molecule has 0 radical (unpaired) electrons. The molecule has 6 heteroatoms. The van der Waals surface area contributed by atoms with Crippen molar-refractivity contribution in [3.63, 3.8) is 0 Å². The minimum atomic E-state index is -0.548. The molecule has 0 aromatic rings. The quantitative estimate of drug-likeness (QED) is 0.634. The summed E-state index contributed by atoms with van der Waals surface area (Å²) in [5.41, 5.74) is 0. The molecule has 2 atom stereocenters. The highest BCUT2D eigenvalue weighted by atomic mass is 16.5. The monoisotopic (exact) mass is 299 g/mol. The van der Waals surface area contributed by atoms with Crippen molar-refractivity contribution < 1.29 is 14.3 Å². The van der Waals surface area contributed by atoms with Crippen LogP contribution < -0.4 is 10.6 Å². The van der Waals surface area contributed by atoms with Crippen molar-refractivity contribution in [1.82, 2.24) is 15.5 Å². The first-order valence-electron chi connectivity index (χ1n) is 7.73. The van der Waals surface area contributed by atoms with Gasteiger partial charge in [-0.15, -0.1) is 0 Å². The number of carbonyl (C=O) groups excluding carboxylic acids is 2. The zero-order valence-electron chi connectivity index (χ0n) is 13.6. The third-order valence-corrected chi connectivity index (χ3v) is 3.81. The molecule has 0 aliphatic carbocycles. The summed E-state index contributed by atoms with van der Waals surface area (Å²) in [4.78, 5) is 26.1. The molecule has 0 aromatic heterocycles. The van der Waals surface area contributed by atoms with E-state index in [0.717, 1.165) is 25.9 Å². The van der Waals surface area contributed by atoms with Crippen LogP contribution in [0.15, 0.2) is 0 Å². The first-order valence-corrected chi connectivity index (χ1v) is 7.73. The third-order valence-electron chi connectivity index (χ3n) is 3.81. The zero-order valence-corrected chi connectivity index (χ0v) is 13.6. The maximum Gasteiger partial charge on any atom is 0.328 e. The average Bonchev–Trinajstić information content (AvgIpc) is 2.84. The van der Waals surface area contributed by atoms with Crippen molar-refractivity contribution in [3.8, 4) is 0 Å². The summed E-state index contributed by atoms with van der Waals surface area (Å²) in [6.45, 7) is 6.21. The van der Waals surface area contributed by atoms with Gasteiger partial charge in [-0.25, -0.2) is 4.79 Å². The summed E-state index contributed by atoms with van der Waals surface area (Å²) < 4.78 is 4.77. The molecule has 1 aliphatic heterocycles. The van der Waals surface area contributed by atoms with Gasteiger partial charge in [-0.2, -0.15) is 0 Å². The van der Waals surface area contributed by atoms with Gasteiger partial charge in [0.05, 0.1) is 13.7 Å². The Labute approximate surface area is 127 Å². The summed E-state index contributed by atoms with van der Waals surface area (Å²) >= 11 is 0.